The van der Waals surface area contributed by atoms with Crippen molar-refractivity contribution in [2.24, 2.45) is 5.73 Å². The fraction of sp³-hybridized carbons (Fsp3) is 0.500. The topological polar surface area (TPSA) is 26.0 Å². The standard InChI is InChI=1S/C12H15NS4/c1-6-4-8-9(15-6)10-11(17-8)12(3,14-5-13)7(2)16-10/h4,7H,5,13H2,1-3H3/t7?,12-/m1/s1. The lowest BCUT2D eigenvalue weighted by atomic mass is 10.1. The zero-order valence-corrected chi connectivity index (χ0v) is 13.3. The van der Waals surface area contributed by atoms with E-state index in [1.807, 2.05) is 46.2 Å². The Balaban J connectivity index is 2.18. The van der Waals surface area contributed by atoms with E-state index < -0.39 is 0 Å². The predicted molar refractivity (Wildman–Crippen MR) is 83.8 cm³/mol. The summed E-state index contributed by atoms with van der Waals surface area (Å²) in [5.74, 6) is 0.700. The Morgan fingerprint density at radius 3 is 2.94 bits per heavy atom. The lowest BCUT2D eigenvalue weighted by molar-refractivity contribution is 0.706. The fourth-order valence-corrected chi connectivity index (χ4v) is 8.15. The van der Waals surface area contributed by atoms with Crippen LogP contribution in [-0.4, -0.2) is 11.1 Å². The van der Waals surface area contributed by atoms with Crippen molar-refractivity contribution >= 4 is 55.6 Å². The van der Waals surface area contributed by atoms with Gasteiger partial charge < -0.3 is 5.73 Å². The molecule has 1 aliphatic heterocycles. The second kappa shape index (κ2) is 4.17. The molecule has 2 N–H and O–H groups in total. The summed E-state index contributed by atoms with van der Waals surface area (Å²) < 4.78 is 3.16. The molecule has 0 spiro atoms. The zero-order chi connectivity index (χ0) is 12.2. The molecule has 2 aromatic heterocycles. The first-order valence-electron chi connectivity index (χ1n) is 5.60. The average Bonchev–Trinajstić information content (AvgIpc) is 2.82. The molecule has 2 aromatic rings. The summed E-state index contributed by atoms with van der Waals surface area (Å²) in [6, 6.07) is 2.32. The van der Waals surface area contributed by atoms with Crippen LogP contribution < -0.4 is 5.73 Å². The minimum absolute atomic E-state index is 0.200. The Bertz CT molecular complexity index is 570. The van der Waals surface area contributed by atoms with Gasteiger partial charge in [-0.2, -0.15) is 0 Å². The molecule has 3 rings (SSSR count). The van der Waals surface area contributed by atoms with Crippen molar-refractivity contribution in [1.29, 1.82) is 0 Å². The number of hydrogen-bond donors (Lipinski definition) is 1. The van der Waals surface area contributed by atoms with Gasteiger partial charge in [0.1, 0.15) is 0 Å². The molecule has 5 heteroatoms. The van der Waals surface area contributed by atoms with Gasteiger partial charge in [-0.1, -0.05) is 6.92 Å². The molecule has 1 aliphatic rings. The van der Waals surface area contributed by atoms with Gasteiger partial charge in [0.05, 0.1) is 9.45 Å². The van der Waals surface area contributed by atoms with Crippen LogP contribution in [0.25, 0.3) is 9.40 Å². The smallest absolute Gasteiger partial charge is 0.0617 e. The Morgan fingerprint density at radius 1 is 1.47 bits per heavy atom. The highest BCUT2D eigenvalue weighted by molar-refractivity contribution is 8.05. The van der Waals surface area contributed by atoms with E-state index >= 15 is 0 Å². The summed E-state index contributed by atoms with van der Waals surface area (Å²) in [7, 11) is 0. The molecular formula is C12H15NS4. The van der Waals surface area contributed by atoms with Crippen molar-refractivity contribution < 1.29 is 0 Å². The zero-order valence-electron chi connectivity index (χ0n) is 10.1. The van der Waals surface area contributed by atoms with Crippen molar-refractivity contribution in [3.8, 4) is 0 Å². The van der Waals surface area contributed by atoms with Gasteiger partial charge in [-0.3, -0.25) is 0 Å². The van der Waals surface area contributed by atoms with Gasteiger partial charge in [0.25, 0.3) is 0 Å². The third-order valence-electron chi connectivity index (χ3n) is 3.35. The van der Waals surface area contributed by atoms with Crippen LogP contribution in [0.5, 0.6) is 0 Å². The minimum atomic E-state index is 0.200. The van der Waals surface area contributed by atoms with E-state index in [0.29, 0.717) is 11.1 Å². The maximum Gasteiger partial charge on any atom is 0.0617 e. The third kappa shape index (κ3) is 1.70. The highest BCUT2D eigenvalue weighted by atomic mass is 32.2. The molecule has 0 amide bonds. The molecule has 17 heavy (non-hydrogen) atoms. The molecule has 0 fully saturated rings. The van der Waals surface area contributed by atoms with Crippen LogP contribution in [0, 0.1) is 6.92 Å². The number of rotatable bonds is 2. The van der Waals surface area contributed by atoms with Crippen LogP contribution in [0.3, 0.4) is 0 Å². The number of thiophene rings is 2. The van der Waals surface area contributed by atoms with Gasteiger partial charge in [-0.15, -0.1) is 46.2 Å². The molecular weight excluding hydrogens is 286 g/mol. The van der Waals surface area contributed by atoms with Crippen LogP contribution >= 0.6 is 46.2 Å². The minimum Gasteiger partial charge on any atom is -0.322 e. The Morgan fingerprint density at radius 2 is 2.24 bits per heavy atom. The van der Waals surface area contributed by atoms with Gasteiger partial charge >= 0.3 is 0 Å². The second-order valence-electron chi connectivity index (χ2n) is 4.49. The predicted octanol–water partition coefficient (Wildman–Crippen LogP) is 4.63. The number of fused-ring (bicyclic) bond motifs is 3. The lowest BCUT2D eigenvalue weighted by Crippen LogP contribution is -2.25. The van der Waals surface area contributed by atoms with E-state index in [1.54, 1.807) is 4.88 Å². The molecule has 92 valence electrons. The molecule has 1 unspecified atom stereocenters. The SMILES string of the molecule is Cc1cc2sc3c(c2s1)SC(C)[C@@]3(C)SCN. The summed E-state index contributed by atoms with van der Waals surface area (Å²) in [5, 5.41) is 0.615. The highest BCUT2D eigenvalue weighted by Crippen LogP contribution is 2.61. The van der Waals surface area contributed by atoms with Crippen LogP contribution in [0.15, 0.2) is 11.0 Å². The monoisotopic (exact) mass is 301 g/mol. The van der Waals surface area contributed by atoms with Gasteiger partial charge in [-0.05, 0) is 19.9 Å². The number of thioether (sulfide) groups is 2. The Labute approximate surface area is 118 Å². The first-order valence-corrected chi connectivity index (χ1v) is 9.10. The lowest BCUT2D eigenvalue weighted by Gasteiger charge is -2.27. The summed E-state index contributed by atoms with van der Waals surface area (Å²) in [5.41, 5.74) is 5.77. The molecule has 0 saturated heterocycles. The average molecular weight is 302 g/mol. The van der Waals surface area contributed by atoms with Gasteiger partial charge in [0.2, 0.25) is 0 Å². The maximum absolute atomic E-state index is 5.77. The molecule has 0 aliphatic carbocycles. The number of nitrogens with two attached hydrogens (primary N) is 1. The summed E-state index contributed by atoms with van der Waals surface area (Å²) in [6.45, 7) is 6.87. The van der Waals surface area contributed by atoms with E-state index in [9.17, 15) is 0 Å². The van der Waals surface area contributed by atoms with Crippen molar-refractivity contribution in [2.75, 3.05) is 5.88 Å². The second-order valence-corrected chi connectivity index (χ2v) is 9.62. The molecule has 3 heterocycles. The summed E-state index contributed by atoms with van der Waals surface area (Å²) in [6.07, 6.45) is 0. The van der Waals surface area contributed by atoms with Crippen molar-refractivity contribution in [1.82, 2.24) is 0 Å². The normalized spacial score (nSPS) is 27.9. The Hall–Kier alpha value is 0.320. The number of hydrogen-bond acceptors (Lipinski definition) is 5. The van der Waals surface area contributed by atoms with Crippen LogP contribution in [0.1, 0.15) is 23.6 Å². The van der Waals surface area contributed by atoms with E-state index in [4.69, 9.17) is 5.73 Å². The first kappa shape index (κ1) is 12.4. The quantitative estimate of drug-likeness (QED) is 0.819. The molecule has 0 bridgehead atoms. The fourth-order valence-electron chi connectivity index (χ4n) is 2.25. The molecule has 0 saturated carbocycles. The van der Waals surface area contributed by atoms with Crippen molar-refractivity contribution in [2.45, 2.75) is 35.7 Å². The van der Waals surface area contributed by atoms with E-state index in [0.717, 1.165) is 0 Å². The van der Waals surface area contributed by atoms with E-state index in [1.165, 1.54) is 19.2 Å². The summed E-state index contributed by atoms with van der Waals surface area (Å²) >= 11 is 7.82. The van der Waals surface area contributed by atoms with Crippen molar-refractivity contribution in [3.63, 3.8) is 0 Å². The molecule has 0 radical (unpaired) electrons. The van der Waals surface area contributed by atoms with E-state index in [2.05, 4.69) is 26.8 Å². The summed E-state index contributed by atoms with van der Waals surface area (Å²) in [4.78, 5) is 4.49. The van der Waals surface area contributed by atoms with Gasteiger partial charge in [0, 0.05) is 30.5 Å². The van der Waals surface area contributed by atoms with E-state index in [-0.39, 0.29) is 4.75 Å². The van der Waals surface area contributed by atoms with Crippen LogP contribution in [0.4, 0.5) is 0 Å². The number of aryl methyl sites for hydroxylation is 1. The maximum atomic E-state index is 5.77. The molecule has 0 aromatic carbocycles. The largest absolute Gasteiger partial charge is 0.322 e. The molecule has 2 atom stereocenters. The molecule has 1 nitrogen and oxygen atoms in total. The Kier molecular flexibility index (Phi) is 3.03. The third-order valence-corrected chi connectivity index (χ3v) is 9.25. The van der Waals surface area contributed by atoms with Gasteiger partial charge in [0.15, 0.2) is 0 Å². The van der Waals surface area contributed by atoms with Gasteiger partial charge in [-0.25, -0.2) is 0 Å². The van der Waals surface area contributed by atoms with Crippen molar-refractivity contribution in [3.05, 3.63) is 15.8 Å². The first-order chi connectivity index (χ1) is 8.06. The van der Waals surface area contributed by atoms with Crippen LogP contribution in [0.2, 0.25) is 0 Å². The highest BCUT2D eigenvalue weighted by Gasteiger charge is 2.44. The van der Waals surface area contributed by atoms with Crippen LogP contribution in [-0.2, 0) is 4.75 Å².